The van der Waals surface area contributed by atoms with Gasteiger partial charge in [0.15, 0.2) is 0 Å². The molecule has 0 amide bonds. The number of rotatable bonds is 4. The van der Waals surface area contributed by atoms with Gasteiger partial charge in [-0.1, -0.05) is 13.3 Å². The van der Waals surface area contributed by atoms with Gasteiger partial charge in [0.1, 0.15) is 4.47 Å². The van der Waals surface area contributed by atoms with Gasteiger partial charge in [0.2, 0.25) is 0 Å². The molecule has 0 radical (unpaired) electrons. The summed E-state index contributed by atoms with van der Waals surface area (Å²) in [5.41, 5.74) is 6.80. The minimum Gasteiger partial charge on any atom is -0.368 e. The van der Waals surface area contributed by atoms with Gasteiger partial charge in [-0.15, -0.1) is 0 Å². The maximum atomic E-state index is 12.2. The van der Waals surface area contributed by atoms with Crippen LogP contribution in [0.5, 0.6) is 0 Å². The summed E-state index contributed by atoms with van der Waals surface area (Å²) in [6.45, 7) is 4.50. The Bertz CT molecular complexity index is 488. The molecule has 1 aliphatic heterocycles. The van der Waals surface area contributed by atoms with Gasteiger partial charge in [0, 0.05) is 25.7 Å². The molecule has 0 saturated carbocycles. The average molecular weight is 329 g/mol. The second-order valence-corrected chi connectivity index (χ2v) is 5.87. The number of aromatic nitrogens is 2. The summed E-state index contributed by atoms with van der Waals surface area (Å²) in [7, 11) is 0. The molecule has 1 aromatic heterocycles. The van der Waals surface area contributed by atoms with Gasteiger partial charge in [-0.25, -0.2) is 4.68 Å². The summed E-state index contributed by atoms with van der Waals surface area (Å²) in [5, 5.41) is 4.27. The highest BCUT2D eigenvalue weighted by Gasteiger charge is 2.20. The predicted octanol–water partition coefficient (Wildman–Crippen LogP) is 1.73. The van der Waals surface area contributed by atoms with E-state index in [-0.39, 0.29) is 11.6 Å². The number of anilines is 1. The number of hydrogen-bond donors (Lipinski definition) is 1. The molecule has 1 unspecified atom stereocenters. The predicted molar refractivity (Wildman–Crippen MR) is 80.5 cm³/mol. The Kier molecular flexibility index (Phi) is 4.99. The largest absolute Gasteiger partial charge is 0.368 e. The zero-order chi connectivity index (χ0) is 13.8. The summed E-state index contributed by atoms with van der Waals surface area (Å²) < 4.78 is 2.13. The number of unbranched alkanes of at least 4 members (excludes halogenated alkanes) is 1. The highest BCUT2D eigenvalue weighted by molar-refractivity contribution is 9.10. The smallest absolute Gasteiger partial charge is 0.283 e. The molecule has 1 saturated heterocycles. The van der Waals surface area contributed by atoms with Crippen LogP contribution < -0.4 is 16.2 Å². The molecule has 0 spiro atoms. The third-order valence-corrected chi connectivity index (χ3v) is 4.23. The topological polar surface area (TPSA) is 64.2 Å². The van der Waals surface area contributed by atoms with Crippen molar-refractivity contribution in [2.75, 3.05) is 18.0 Å². The summed E-state index contributed by atoms with van der Waals surface area (Å²) in [5.74, 6) is 0. The second kappa shape index (κ2) is 6.52. The van der Waals surface area contributed by atoms with Gasteiger partial charge in [0.05, 0.1) is 11.9 Å². The molecule has 0 aliphatic carbocycles. The Labute approximate surface area is 121 Å². The maximum absolute atomic E-state index is 12.2. The highest BCUT2D eigenvalue weighted by atomic mass is 79.9. The molecule has 0 bridgehead atoms. The molecule has 1 atom stereocenters. The van der Waals surface area contributed by atoms with Crippen molar-refractivity contribution in [3.8, 4) is 0 Å². The minimum atomic E-state index is -0.0508. The Hall–Kier alpha value is -0.880. The van der Waals surface area contributed by atoms with Gasteiger partial charge in [0.25, 0.3) is 5.56 Å². The third-order valence-electron chi connectivity index (χ3n) is 3.49. The van der Waals surface area contributed by atoms with Crippen LogP contribution in [0.3, 0.4) is 0 Å². The number of nitrogens with two attached hydrogens (primary N) is 1. The van der Waals surface area contributed by atoms with Crippen LogP contribution in [0.1, 0.15) is 32.6 Å². The van der Waals surface area contributed by atoms with Crippen LogP contribution in [0.2, 0.25) is 0 Å². The Balaban J connectivity index is 2.22. The fraction of sp³-hybridized carbons (Fsp3) is 0.692. The van der Waals surface area contributed by atoms with E-state index < -0.39 is 0 Å². The zero-order valence-electron chi connectivity index (χ0n) is 11.3. The van der Waals surface area contributed by atoms with Crippen LogP contribution in [0.25, 0.3) is 0 Å². The number of piperidine rings is 1. The van der Waals surface area contributed by atoms with Crippen molar-refractivity contribution in [2.45, 2.75) is 45.2 Å². The first-order chi connectivity index (χ1) is 9.13. The standard InChI is InChI=1S/C13H21BrN4O/c1-2-3-7-18-13(19)12(14)11(8-16-18)17-6-4-5-10(15)9-17/h8,10H,2-7,9,15H2,1H3. The fourth-order valence-corrected chi connectivity index (χ4v) is 2.93. The Morgan fingerprint density at radius 2 is 2.37 bits per heavy atom. The lowest BCUT2D eigenvalue weighted by Gasteiger charge is -2.32. The van der Waals surface area contributed by atoms with Crippen molar-refractivity contribution in [1.82, 2.24) is 9.78 Å². The second-order valence-electron chi connectivity index (χ2n) is 5.07. The molecule has 6 heteroatoms. The fourth-order valence-electron chi connectivity index (χ4n) is 2.37. The van der Waals surface area contributed by atoms with E-state index in [1.165, 1.54) is 4.68 Å². The molecule has 0 aromatic carbocycles. The number of aryl methyl sites for hydroxylation is 1. The van der Waals surface area contributed by atoms with E-state index in [2.05, 4.69) is 32.9 Å². The summed E-state index contributed by atoms with van der Waals surface area (Å²) in [6.07, 6.45) is 5.91. The third kappa shape index (κ3) is 3.36. The van der Waals surface area contributed by atoms with E-state index in [0.29, 0.717) is 11.0 Å². The monoisotopic (exact) mass is 328 g/mol. The molecule has 19 heavy (non-hydrogen) atoms. The van der Waals surface area contributed by atoms with E-state index in [1.54, 1.807) is 6.20 Å². The van der Waals surface area contributed by atoms with Gasteiger partial charge >= 0.3 is 0 Å². The molecule has 2 N–H and O–H groups in total. The van der Waals surface area contributed by atoms with Crippen molar-refractivity contribution < 1.29 is 0 Å². The first kappa shape index (κ1) is 14.5. The van der Waals surface area contributed by atoms with Crippen LogP contribution in [-0.4, -0.2) is 28.9 Å². The van der Waals surface area contributed by atoms with E-state index in [4.69, 9.17) is 5.73 Å². The van der Waals surface area contributed by atoms with Crippen molar-refractivity contribution in [2.24, 2.45) is 5.73 Å². The molecular weight excluding hydrogens is 308 g/mol. The normalized spacial score (nSPS) is 19.7. The van der Waals surface area contributed by atoms with Crippen LogP contribution in [0, 0.1) is 0 Å². The van der Waals surface area contributed by atoms with E-state index >= 15 is 0 Å². The van der Waals surface area contributed by atoms with Crippen molar-refractivity contribution >= 4 is 21.6 Å². The lowest BCUT2D eigenvalue weighted by Crippen LogP contribution is -2.43. The first-order valence-corrected chi connectivity index (χ1v) is 7.69. The minimum absolute atomic E-state index is 0.0508. The molecule has 1 fully saturated rings. The lowest BCUT2D eigenvalue weighted by atomic mass is 10.1. The van der Waals surface area contributed by atoms with Gasteiger partial charge in [-0.2, -0.15) is 5.10 Å². The molecule has 1 aromatic rings. The number of halogens is 1. The first-order valence-electron chi connectivity index (χ1n) is 6.89. The summed E-state index contributed by atoms with van der Waals surface area (Å²) >= 11 is 3.42. The molecule has 1 aliphatic rings. The van der Waals surface area contributed by atoms with Gasteiger partial charge < -0.3 is 10.6 Å². The maximum Gasteiger partial charge on any atom is 0.283 e. The van der Waals surface area contributed by atoms with Crippen LogP contribution in [-0.2, 0) is 6.54 Å². The Morgan fingerprint density at radius 1 is 1.58 bits per heavy atom. The van der Waals surface area contributed by atoms with Gasteiger partial charge in [-0.3, -0.25) is 4.79 Å². The number of hydrogen-bond acceptors (Lipinski definition) is 4. The zero-order valence-corrected chi connectivity index (χ0v) is 12.9. The van der Waals surface area contributed by atoms with E-state index in [1.807, 2.05) is 0 Å². The SMILES string of the molecule is CCCCn1ncc(N2CCCC(N)C2)c(Br)c1=O. The molecule has 2 heterocycles. The quantitative estimate of drug-likeness (QED) is 0.914. The van der Waals surface area contributed by atoms with Crippen LogP contribution in [0.4, 0.5) is 5.69 Å². The average Bonchev–Trinajstić information content (AvgIpc) is 2.40. The van der Waals surface area contributed by atoms with Crippen molar-refractivity contribution in [3.63, 3.8) is 0 Å². The lowest BCUT2D eigenvalue weighted by molar-refractivity contribution is 0.500. The molecular formula is C13H21BrN4O. The number of nitrogens with zero attached hydrogens (tertiary/aromatic N) is 3. The van der Waals surface area contributed by atoms with Gasteiger partial charge in [-0.05, 0) is 35.2 Å². The molecule has 106 valence electrons. The highest BCUT2D eigenvalue weighted by Crippen LogP contribution is 2.24. The van der Waals surface area contributed by atoms with Crippen molar-refractivity contribution in [1.29, 1.82) is 0 Å². The molecule has 2 rings (SSSR count). The Morgan fingerprint density at radius 3 is 3.05 bits per heavy atom. The van der Waals surface area contributed by atoms with Crippen molar-refractivity contribution in [3.05, 3.63) is 21.0 Å². The molecule has 5 nitrogen and oxygen atoms in total. The summed E-state index contributed by atoms with van der Waals surface area (Å²) in [6, 6.07) is 0.183. The summed E-state index contributed by atoms with van der Waals surface area (Å²) in [4.78, 5) is 14.4. The van der Waals surface area contributed by atoms with Crippen LogP contribution in [0.15, 0.2) is 15.5 Å². The van der Waals surface area contributed by atoms with Crippen LogP contribution >= 0.6 is 15.9 Å². The van der Waals surface area contributed by atoms with E-state index in [9.17, 15) is 4.79 Å². The van der Waals surface area contributed by atoms with E-state index in [0.717, 1.165) is 44.5 Å².